The van der Waals surface area contributed by atoms with Crippen LogP contribution in [0.25, 0.3) is 0 Å². The van der Waals surface area contributed by atoms with E-state index in [1.165, 1.54) is 0 Å². The molecule has 0 rings (SSSR count). The summed E-state index contributed by atoms with van der Waals surface area (Å²) in [5, 5.41) is 17.5. The molecular formula is C14H28N2O4. The lowest BCUT2D eigenvalue weighted by molar-refractivity contribution is -0.142. The van der Waals surface area contributed by atoms with Crippen LogP contribution in [0.4, 0.5) is 0 Å². The molecule has 0 aliphatic carbocycles. The predicted octanol–water partition coefficient (Wildman–Crippen LogP) is 1.22. The molecule has 0 fully saturated rings. The number of hydrogen-bond acceptors (Lipinski definition) is 4. The summed E-state index contributed by atoms with van der Waals surface area (Å²) in [6.45, 7) is 4.81. The molecule has 0 saturated heterocycles. The van der Waals surface area contributed by atoms with Gasteiger partial charge in [-0.2, -0.15) is 0 Å². The number of nitrogens with zero attached hydrogens (tertiary/aromatic N) is 2. The number of rotatable bonds is 12. The molecule has 0 aromatic rings. The van der Waals surface area contributed by atoms with Crippen molar-refractivity contribution in [2.24, 2.45) is 5.92 Å². The fraction of sp³-hybridized carbons (Fsp3) is 0.857. The molecule has 0 aliphatic rings. The molecule has 0 aromatic carbocycles. The van der Waals surface area contributed by atoms with Crippen LogP contribution in [0.1, 0.15) is 32.6 Å². The third-order valence-corrected chi connectivity index (χ3v) is 3.18. The average molecular weight is 288 g/mol. The van der Waals surface area contributed by atoms with E-state index in [4.69, 9.17) is 10.2 Å². The lowest BCUT2D eigenvalue weighted by Gasteiger charge is -2.25. The Labute approximate surface area is 121 Å². The van der Waals surface area contributed by atoms with Crippen molar-refractivity contribution < 1.29 is 19.8 Å². The van der Waals surface area contributed by atoms with E-state index < -0.39 is 11.9 Å². The molecular weight excluding hydrogens is 260 g/mol. The summed E-state index contributed by atoms with van der Waals surface area (Å²) in [5.74, 6) is -1.91. The van der Waals surface area contributed by atoms with Crippen LogP contribution in [0, 0.1) is 5.92 Å². The first-order chi connectivity index (χ1) is 9.32. The van der Waals surface area contributed by atoms with Crippen molar-refractivity contribution in [1.29, 1.82) is 0 Å². The minimum Gasteiger partial charge on any atom is -0.481 e. The third kappa shape index (κ3) is 10.8. The molecule has 0 aliphatic heterocycles. The fourth-order valence-electron chi connectivity index (χ4n) is 1.89. The van der Waals surface area contributed by atoms with E-state index in [0.717, 1.165) is 32.5 Å². The number of likely N-dealkylation sites (N-methyl/N-ethyl adjacent to an activating group) is 1. The highest BCUT2D eigenvalue weighted by molar-refractivity contribution is 5.69. The second kappa shape index (κ2) is 10.6. The molecule has 118 valence electrons. The van der Waals surface area contributed by atoms with Crippen LogP contribution >= 0.6 is 0 Å². The Bertz CT molecular complexity index is 295. The Balaban J connectivity index is 4.03. The van der Waals surface area contributed by atoms with Gasteiger partial charge in [-0.25, -0.2) is 0 Å². The lowest BCUT2D eigenvalue weighted by Crippen LogP contribution is -2.37. The summed E-state index contributed by atoms with van der Waals surface area (Å²) in [4.78, 5) is 25.6. The van der Waals surface area contributed by atoms with E-state index in [1.54, 1.807) is 6.92 Å². The van der Waals surface area contributed by atoms with E-state index in [1.807, 2.05) is 14.1 Å². The monoisotopic (exact) mass is 288 g/mol. The van der Waals surface area contributed by atoms with Crippen LogP contribution in [0.3, 0.4) is 0 Å². The molecule has 0 radical (unpaired) electrons. The van der Waals surface area contributed by atoms with Crippen molar-refractivity contribution in [2.45, 2.75) is 32.6 Å². The van der Waals surface area contributed by atoms with E-state index >= 15 is 0 Å². The summed E-state index contributed by atoms with van der Waals surface area (Å²) in [7, 11) is 3.98. The summed E-state index contributed by atoms with van der Waals surface area (Å²) in [5.41, 5.74) is 0. The zero-order valence-electron chi connectivity index (χ0n) is 12.8. The van der Waals surface area contributed by atoms with Gasteiger partial charge in [0.05, 0.1) is 5.92 Å². The van der Waals surface area contributed by atoms with Crippen LogP contribution in [0.5, 0.6) is 0 Å². The van der Waals surface area contributed by atoms with E-state index in [2.05, 4.69) is 9.80 Å². The van der Waals surface area contributed by atoms with E-state index in [0.29, 0.717) is 13.0 Å². The van der Waals surface area contributed by atoms with Gasteiger partial charge in [-0.05, 0) is 33.5 Å². The van der Waals surface area contributed by atoms with Crippen molar-refractivity contribution in [3.63, 3.8) is 0 Å². The summed E-state index contributed by atoms with van der Waals surface area (Å²) >= 11 is 0. The van der Waals surface area contributed by atoms with Gasteiger partial charge in [0.15, 0.2) is 0 Å². The molecule has 20 heavy (non-hydrogen) atoms. The average Bonchev–Trinajstić information content (AvgIpc) is 2.34. The number of carbonyl (C=O) groups is 2. The zero-order valence-corrected chi connectivity index (χ0v) is 12.8. The van der Waals surface area contributed by atoms with Crippen LogP contribution in [0.15, 0.2) is 0 Å². The Hall–Kier alpha value is -1.14. The van der Waals surface area contributed by atoms with Gasteiger partial charge in [-0.3, -0.25) is 9.59 Å². The first-order valence-electron chi connectivity index (χ1n) is 7.14. The highest BCUT2D eigenvalue weighted by Crippen LogP contribution is 2.05. The summed E-state index contributed by atoms with van der Waals surface area (Å²) in [6, 6.07) is 0. The van der Waals surface area contributed by atoms with Crippen LogP contribution in [-0.2, 0) is 9.59 Å². The van der Waals surface area contributed by atoms with Gasteiger partial charge in [-0.15, -0.1) is 0 Å². The van der Waals surface area contributed by atoms with Crippen molar-refractivity contribution >= 4 is 11.9 Å². The standard InChI is InChI=1S/C14H28N2O4/c1-12(14(19)20)11-16(10-9-15(2)3)8-6-4-5-7-13(17)18/h12H,4-11H2,1-3H3,(H,17,18)(H,19,20). The minimum absolute atomic E-state index is 0.212. The van der Waals surface area contributed by atoms with Gasteiger partial charge < -0.3 is 20.0 Å². The van der Waals surface area contributed by atoms with E-state index in [9.17, 15) is 9.59 Å². The van der Waals surface area contributed by atoms with Gasteiger partial charge in [0, 0.05) is 26.1 Å². The maximum Gasteiger partial charge on any atom is 0.307 e. The highest BCUT2D eigenvalue weighted by atomic mass is 16.4. The van der Waals surface area contributed by atoms with E-state index in [-0.39, 0.29) is 12.3 Å². The molecule has 0 spiro atoms. The number of hydrogen-bond donors (Lipinski definition) is 2. The molecule has 2 N–H and O–H groups in total. The Morgan fingerprint density at radius 3 is 2.15 bits per heavy atom. The topological polar surface area (TPSA) is 81.1 Å². The third-order valence-electron chi connectivity index (χ3n) is 3.18. The molecule has 0 amide bonds. The molecule has 0 bridgehead atoms. The van der Waals surface area contributed by atoms with Crippen molar-refractivity contribution in [1.82, 2.24) is 9.80 Å². The summed E-state index contributed by atoms with van der Waals surface area (Å²) in [6.07, 6.45) is 2.67. The summed E-state index contributed by atoms with van der Waals surface area (Å²) < 4.78 is 0. The smallest absolute Gasteiger partial charge is 0.307 e. The molecule has 6 nitrogen and oxygen atoms in total. The number of unbranched alkanes of at least 4 members (excludes halogenated alkanes) is 2. The molecule has 6 heteroatoms. The van der Waals surface area contributed by atoms with Crippen LogP contribution in [0.2, 0.25) is 0 Å². The van der Waals surface area contributed by atoms with Crippen molar-refractivity contribution in [3.8, 4) is 0 Å². The SMILES string of the molecule is CC(CN(CCCCCC(=O)O)CCN(C)C)C(=O)O. The van der Waals surface area contributed by atoms with Crippen LogP contribution < -0.4 is 0 Å². The Kier molecular flexibility index (Phi) is 10.0. The number of aliphatic carboxylic acids is 2. The lowest BCUT2D eigenvalue weighted by atomic mass is 10.1. The molecule has 1 unspecified atom stereocenters. The number of carboxylic acids is 2. The second-order valence-electron chi connectivity index (χ2n) is 5.55. The zero-order chi connectivity index (χ0) is 15.5. The molecule has 0 saturated carbocycles. The maximum atomic E-state index is 10.9. The van der Waals surface area contributed by atoms with Crippen molar-refractivity contribution in [3.05, 3.63) is 0 Å². The molecule has 0 aromatic heterocycles. The Morgan fingerprint density at radius 1 is 1.00 bits per heavy atom. The normalized spacial score (nSPS) is 12.8. The fourth-order valence-corrected chi connectivity index (χ4v) is 1.89. The predicted molar refractivity (Wildman–Crippen MR) is 77.9 cm³/mol. The van der Waals surface area contributed by atoms with Crippen molar-refractivity contribution in [2.75, 3.05) is 40.3 Å². The number of carboxylic acid groups (broad SMARTS) is 2. The largest absolute Gasteiger partial charge is 0.481 e. The van der Waals surface area contributed by atoms with Gasteiger partial charge in [0.1, 0.15) is 0 Å². The van der Waals surface area contributed by atoms with Gasteiger partial charge in [-0.1, -0.05) is 13.3 Å². The molecule has 0 heterocycles. The van der Waals surface area contributed by atoms with Crippen LogP contribution in [-0.4, -0.2) is 72.2 Å². The highest BCUT2D eigenvalue weighted by Gasteiger charge is 2.15. The Morgan fingerprint density at radius 2 is 1.65 bits per heavy atom. The first kappa shape index (κ1) is 18.9. The first-order valence-corrected chi connectivity index (χ1v) is 7.14. The van der Waals surface area contributed by atoms with Gasteiger partial charge >= 0.3 is 11.9 Å². The minimum atomic E-state index is -0.772. The quantitative estimate of drug-likeness (QED) is 0.525. The van der Waals surface area contributed by atoms with Gasteiger partial charge in [0.25, 0.3) is 0 Å². The maximum absolute atomic E-state index is 10.9. The second-order valence-corrected chi connectivity index (χ2v) is 5.55. The molecule has 1 atom stereocenters. The van der Waals surface area contributed by atoms with Gasteiger partial charge in [0.2, 0.25) is 0 Å².